The molecular weight excluding hydrogens is 248 g/mol. The topological polar surface area (TPSA) is 27.1 Å². The van der Waals surface area contributed by atoms with Crippen molar-refractivity contribution in [1.29, 1.82) is 0 Å². The van der Waals surface area contributed by atoms with Crippen molar-refractivity contribution < 1.29 is 4.74 Å². The van der Waals surface area contributed by atoms with Gasteiger partial charge in [-0.15, -0.1) is 0 Å². The van der Waals surface area contributed by atoms with Crippen molar-refractivity contribution in [3.8, 4) is 11.5 Å². The van der Waals surface area contributed by atoms with E-state index in [2.05, 4.69) is 5.10 Å². The molecule has 4 heteroatoms. The molecule has 94 valence electrons. The van der Waals surface area contributed by atoms with Gasteiger partial charge >= 0.3 is 0 Å². The van der Waals surface area contributed by atoms with Crippen LogP contribution in [0.15, 0.2) is 36.7 Å². The summed E-state index contributed by atoms with van der Waals surface area (Å²) in [6.07, 6.45) is 8.73. The van der Waals surface area contributed by atoms with E-state index in [0.717, 1.165) is 5.75 Å². The van der Waals surface area contributed by atoms with Crippen molar-refractivity contribution in [2.75, 3.05) is 0 Å². The third-order valence-corrected chi connectivity index (χ3v) is 3.65. The van der Waals surface area contributed by atoms with E-state index in [0.29, 0.717) is 16.8 Å². The minimum atomic E-state index is 0.536. The Balaban J connectivity index is 1.75. The molecule has 0 bridgehead atoms. The van der Waals surface area contributed by atoms with E-state index in [9.17, 15) is 0 Å². The van der Waals surface area contributed by atoms with Crippen molar-refractivity contribution in [3.63, 3.8) is 0 Å². The second kappa shape index (κ2) is 5.02. The van der Waals surface area contributed by atoms with Gasteiger partial charge in [0.2, 0.25) is 0 Å². The maximum absolute atomic E-state index is 6.06. The number of aromatic nitrogens is 2. The van der Waals surface area contributed by atoms with Gasteiger partial charge < -0.3 is 4.74 Å². The first-order chi connectivity index (χ1) is 8.83. The first-order valence-electron chi connectivity index (χ1n) is 6.29. The molecule has 1 saturated carbocycles. The Hall–Kier alpha value is -1.48. The number of nitrogens with zero attached hydrogens (tertiary/aromatic N) is 2. The monoisotopic (exact) mass is 262 g/mol. The van der Waals surface area contributed by atoms with E-state index in [1.165, 1.54) is 25.7 Å². The molecule has 0 unspecified atom stereocenters. The summed E-state index contributed by atoms with van der Waals surface area (Å²) in [6, 6.07) is 8.00. The zero-order valence-corrected chi connectivity index (χ0v) is 10.8. The highest BCUT2D eigenvalue weighted by atomic mass is 35.5. The van der Waals surface area contributed by atoms with Crippen LogP contribution in [0.5, 0.6) is 11.5 Å². The minimum Gasteiger partial charge on any atom is -0.452 e. The molecule has 1 heterocycles. The lowest BCUT2D eigenvalue weighted by atomic mass is 10.3. The molecule has 1 aromatic carbocycles. The van der Waals surface area contributed by atoms with Crippen LogP contribution in [0.1, 0.15) is 31.7 Å². The van der Waals surface area contributed by atoms with Gasteiger partial charge in [-0.2, -0.15) is 5.10 Å². The van der Waals surface area contributed by atoms with Crippen LogP contribution < -0.4 is 4.74 Å². The number of benzene rings is 1. The Morgan fingerprint density at radius 1 is 1.22 bits per heavy atom. The second-order valence-corrected chi connectivity index (χ2v) is 5.03. The first-order valence-corrected chi connectivity index (χ1v) is 6.67. The van der Waals surface area contributed by atoms with E-state index in [-0.39, 0.29) is 0 Å². The first kappa shape index (κ1) is 11.6. The summed E-state index contributed by atoms with van der Waals surface area (Å²) >= 11 is 6.06. The SMILES string of the molecule is Clc1ccccc1Oc1cnn(C2CCCC2)c1. The summed E-state index contributed by atoms with van der Waals surface area (Å²) in [5.74, 6) is 1.42. The van der Waals surface area contributed by atoms with Crippen molar-refractivity contribution in [1.82, 2.24) is 9.78 Å². The van der Waals surface area contributed by atoms with Gasteiger partial charge in [-0.3, -0.25) is 4.68 Å². The molecule has 1 aliphatic rings. The number of ether oxygens (including phenoxy) is 1. The molecule has 18 heavy (non-hydrogen) atoms. The summed E-state index contributed by atoms with van der Waals surface area (Å²) in [7, 11) is 0. The Labute approximate surface area is 111 Å². The fourth-order valence-electron chi connectivity index (χ4n) is 2.40. The molecule has 1 aliphatic carbocycles. The Bertz CT molecular complexity index is 532. The van der Waals surface area contributed by atoms with Crippen LogP contribution in [0.3, 0.4) is 0 Å². The van der Waals surface area contributed by atoms with Crippen LogP contribution >= 0.6 is 11.6 Å². The molecule has 1 aromatic heterocycles. The Morgan fingerprint density at radius 2 is 2.00 bits per heavy atom. The van der Waals surface area contributed by atoms with Crippen LogP contribution in [0, 0.1) is 0 Å². The smallest absolute Gasteiger partial charge is 0.165 e. The molecule has 0 spiro atoms. The molecular formula is C14H15ClN2O. The third-order valence-electron chi connectivity index (χ3n) is 3.34. The average Bonchev–Trinajstić information content (AvgIpc) is 3.02. The van der Waals surface area contributed by atoms with Gasteiger partial charge in [0.15, 0.2) is 5.75 Å². The maximum atomic E-state index is 6.06. The number of hydrogen-bond donors (Lipinski definition) is 0. The van der Waals surface area contributed by atoms with Gasteiger partial charge in [-0.05, 0) is 25.0 Å². The van der Waals surface area contributed by atoms with E-state index < -0.39 is 0 Å². The number of hydrogen-bond acceptors (Lipinski definition) is 2. The zero-order valence-electron chi connectivity index (χ0n) is 10.1. The van der Waals surface area contributed by atoms with Gasteiger partial charge in [-0.25, -0.2) is 0 Å². The van der Waals surface area contributed by atoms with Gasteiger partial charge in [-0.1, -0.05) is 36.6 Å². The van der Waals surface area contributed by atoms with Crippen molar-refractivity contribution in [3.05, 3.63) is 41.7 Å². The predicted octanol–water partition coefficient (Wildman–Crippen LogP) is 4.44. The second-order valence-electron chi connectivity index (χ2n) is 4.63. The number of para-hydroxylation sites is 1. The largest absolute Gasteiger partial charge is 0.452 e. The summed E-state index contributed by atoms with van der Waals surface area (Å²) < 4.78 is 7.75. The number of rotatable bonds is 3. The molecule has 1 fully saturated rings. The molecule has 2 aromatic rings. The lowest BCUT2D eigenvalue weighted by Crippen LogP contribution is -2.04. The van der Waals surface area contributed by atoms with Crippen LogP contribution in [0.4, 0.5) is 0 Å². The fraction of sp³-hybridized carbons (Fsp3) is 0.357. The Morgan fingerprint density at radius 3 is 2.78 bits per heavy atom. The van der Waals surface area contributed by atoms with E-state index in [1.807, 2.05) is 35.1 Å². The summed E-state index contributed by atoms with van der Waals surface area (Å²) in [4.78, 5) is 0. The summed E-state index contributed by atoms with van der Waals surface area (Å²) in [5, 5.41) is 4.99. The van der Waals surface area contributed by atoms with Gasteiger partial charge in [0.1, 0.15) is 5.75 Å². The highest BCUT2D eigenvalue weighted by Crippen LogP contribution is 2.32. The van der Waals surface area contributed by atoms with Gasteiger partial charge in [0.25, 0.3) is 0 Å². The normalized spacial score (nSPS) is 16.1. The van der Waals surface area contributed by atoms with Crippen LogP contribution in [0.2, 0.25) is 5.02 Å². The average molecular weight is 263 g/mol. The van der Waals surface area contributed by atoms with E-state index in [1.54, 1.807) is 6.20 Å². The van der Waals surface area contributed by atoms with E-state index in [4.69, 9.17) is 16.3 Å². The molecule has 0 aliphatic heterocycles. The van der Waals surface area contributed by atoms with Crippen molar-refractivity contribution in [2.45, 2.75) is 31.7 Å². The standard InChI is InChI=1S/C14H15ClN2O/c15-13-7-3-4-8-14(13)18-12-9-16-17(10-12)11-5-1-2-6-11/h3-4,7-11H,1-2,5-6H2. The van der Waals surface area contributed by atoms with Gasteiger partial charge in [0.05, 0.1) is 23.5 Å². The minimum absolute atomic E-state index is 0.536. The number of halogens is 1. The lowest BCUT2D eigenvalue weighted by Gasteiger charge is -2.08. The highest BCUT2D eigenvalue weighted by Gasteiger charge is 2.18. The molecule has 0 atom stereocenters. The van der Waals surface area contributed by atoms with E-state index >= 15 is 0 Å². The summed E-state index contributed by atoms with van der Waals surface area (Å²) in [6.45, 7) is 0. The molecule has 0 radical (unpaired) electrons. The molecule has 0 amide bonds. The molecule has 0 N–H and O–H groups in total. The quantitative estimate of drug-likeness (QED) is 0.817. The van der Waals surface area contributed by atoms with Crippen LogP contribution in [-0.2, 0) is 0 Å². The predicted molar refractivity (Wildman–Crippen MR) is 71.3 cm³/mol. The van der Waals surface area contributed by atoms with Crippen molar-refractivity contribution >= 4 is 11.6 Å². The molecule has 3 rings (SSSR count). The summed E-state index contributed by atoms with van der Waals surface area (Å²) in [5.41, 5.74) is 0. The highest BCUT2D eigenvalue weighted by molar-refractivity contribution is 6.32. The lowest BCUT2D eigenvalue weighted by molar-refractivity contribution is 0.456. The Kier molecular flexibility index (Phi) is 3.24. The van der Waals surface area contributed by atoms with Gasteiger partial charge in [0, 0.05) is 0 Å². The molecule has 3 nitrogen and oxygen atoms in total. The fourth-order valence-corrected chi connectivity index (χ4v) is 2.57. The zero-order chi connectivity index (χ0) is 12.4. The molecule has 0 saturated heterocycles. The third kappa shape index (κ3) is 2.36. The van der Waals surface area contributed by atoms with Crippen LogP contribution in [0.25, 0.3) is 0 Å². The van der Waals surface area contributed by atoms with Crippen LogP contribution in [-0.4, -0.2) is 9.78 Å². The maximum Gasteiger partial charge on any atom is 0.165 e. The van der Waals surface area contributed by atoms with Crippen molar-refractivity contribution in [2.24, 2.45) is 0 Å².